The molecule has 1 heterocycles. The van der Waals surface area contributed by atoms with Crippen LogP contribution in [0.25, 0.3) is 0 Å². The molecule has 0 spiro atoms. The van der Waals surface area contributed by atoms with Crippen molar-refractivity contribution < 1.29 is 9.90 Å². The lowest BCUT2D eigenvalue weighted by atomic mass is 10.1. The van der Waals surface area contributed by atoms with Gasteiger partial charge in [0, 0.05) is 14.2 Å². The molecule has 0 bridgehead atoms. The van der Waals surface area contributed by atoms with Crippen molar-refractivity contribution in [3.63, 3.8) is 0 Å². The number of carboxylic acids is 1. The zero-order valence-corrected chi connectivity index (χ0v) is 10.9. The van der Waals surface area contributed by atoms with Gasteiger partial charge in [0.05, 0.1) is 5.92 Å². The van der Waals surface area contributed by atoms with Crippen molar-refractivity contribution in [2.45, 2.75) is 32.6 Å². The first kappa shape index (κ1) is 11.1. The highest BCUT2D eigenvalue weighted by molar-refractivity contribution is 9.10. The molecule has 1 aromatic rings. The van der Waals surface area contributed by atoms with Crippen LogP contribution in [0.15, 0.2) is 4.47 Å². The second-order valence-electron chi connectivity index (χ2n) is 4.04. The number of rotatable bonds is 3. The number of halogens is 1. The highest BCUT2D eigenvalue weighted by Crippen LogP contribution is 2.39. The lowest BCUT2D eigenvalue weighted by Crippen LogP contribution is -2.11. The standard InChI is InChI=1S/C11H13BrO2S/c1-6(11(13)14)5-9-10(12)7-3-2-4-8(7)15-9/h6H,2-5H2,1H3,(H,13,14). The molecule has 1 atom stereocenters. The third-order valence-electron chi connectivity index (χ3n) is 2.84. The zero-order chi connectivity index (χ0) is 11.0. The molecule has 4 heteroatoms. The SMILES string of the molecule is CC(Cc1sc2c(c1Br)CCC2)C(=O)O. The van der Waals surface area contributed by atoms with Crippen LogP contribution in [0.2, 0.25) is 0 Å². The number of thiophene rings is 1. The molecule has 0 radical (unpaired) electrons. The Kier molecular flexibility index (Phi) is 3.16. The molecule has 0 saturated heterocycles. The van der Waals surface area contributed by atoms with Gasteiger partial charge < -0.3 is 5.11 Å². The van der Waals surface area contributed by atoms with Crippen molar-refractivity contribution in [3.05, 3.63) is 19.8 Å². The number of fused-ring (bicyclic) bond motifs is 1. The van der Waals surface area contributed by atoms with Gasteiger partial charge in [-0.05, 0) is 47.2 Å². The van der Waals surface area contributed by atoms with Crippen LogP contribution in [0, 0.1) is 5.92 Å². The van der Waals surface area contributed by atoms with Crippen molar-refractivity contribution in [2.24, 2.45) is 5.92 Å². The molecule has 1 aliphatic carbocycles. The summed E-state index contributed by atoms with van der Waals surface area (Å²) in [5, 5.41) is 8.87. The van der Waals surface area contributed by atoms with Crippen LogP contribution in [0.3, 0.4) is 0 Å². The molecule has 2 rings (SSSR count). The van der Waals surface area contributed by atoms with Crippen molar-refractivity contribution >= 4 is 33.2 Å². The molecule has 0 fully saturated rings. The average molecular weight is 289 g/mol. The Morgan fingerprint density at radius 3 is 2.93 bits per heavy atom. The van der Waals surface area contributed by atoms with Gasteiger partial charge in [-0.2, -0.15) is 0 Å². The normalized spacial score (nSPS) is 16.4. The monoisotopic (exact) mass is 288 g/mol. The summed E-state index contributed by atoms with van der Waals surface area (Å²) < 4.78 is 1.17. The van der Waals surface area contributed by atoms with Gasteiger partial charge >= 0.3 is 5.97 Å². The van der Waals surface area contributed by atoms with Gasteiger partial charge in [0.15, 0.2) is 0 Å². The van der Waals surface area contributed by atoms with Crippen molar-refractivity contribution in [2.75, 3.05) is 0 Å². The number of aliphatic carboxylic acids is 1. The van der Waals surface area contributed by atoms with Crippen LogP contribution in [-0.4, -0.2) is 11.1 Å². The van der Waals surface area contributed by atoms with Gasteiger partial charge in [-0.15, -0.1) is 11.3 Å². The Balaban J connectivity index is 2.20. The summed E-state index contributed by atoms with van der Waals surface area (Å²) in [6.45, 7) is 1.76. The molecule has 0 aromatic carbocycles. The van der Waals surface area contributed by atoms with Crippen LogP contribution in [0.4, 0.5) is 0 Å². The van der Waals surface area contributed by atoms with E-state index in [0.717, 1.165) is 6.42 Å². The fourth-order valence-electron chi connectivity index (χ4n) is 1.92. The van der Waals surface area contributed by atoms with Gasteiger partial charge in [0.25, 0.3) is 0 Å². The first-order chi connectivity index (χ1) is 7.09. The zero-order valence-electron chi connectivity index (χ0n) is 8.55. The Morgan fingerprint density at radius 2 is 2.33 bits per heavy atom. The molecule has 1 N–H and O–H groups in total. The smallest absolute Gasteiger partial charge is 0.306 e. The Bertz CT molecular complexity index is 398. The lowest BCUT2D eigenvalue weighted by Gasteiger charge is -2.04. The molecule has 1 unspecified atom stereocenters. The summed E-state index contributed by atoms with van der Waals surface area (Å²) in [5.74, 6) is -1.00. The number of carboxylic acid groups (broad SMARTS) is 1. The summed E-state index contributed by atoms with van der Waals surface area (Å²) in [5.41, 5.74) is 1.42. The maximum Gasteiger partial charge on any atom is 0.306 e. The maximum absolute atomic E-state index is 10.8. The fourth-order valence-corrected chi connectivity index (χ4v) is 4.31. The van der Waals surface area contributed by atoms with Gasteiger partial charge in [-0.3, -0.25) is 4.79 Å². The number of hydrogen-bond donors (Lipinski definition) is 1. The van der Waals surface area contributed by atoms with E-state index in [-0.39, 0.29) is 5.92 Å². The maximum atomic E-state index is 10.8. The predicted octanol–water partition coefficient (Wildman–Crippen LogP) is 3.26. The van der Waals surface area contributed by atoms with E-state index in [1.807, 2.05) is 0 Å². The van der Waals surface area contributed by atoms with Gasteiger partial charge in [-0.25, -0.2) is 0 Å². The Labute approximate surface area is 101 Å². The largest absolute Gasteiger partial charge is 0.481 e. The van der Waals surface area contributed by atoms with Crippen molar-refractivity contribution in [1.29, 1.82) is 0 Å². The lowest BCUT2D eigenvalue weighted by molar-refractivity contribution is -0.141. The molecule has 82 valence electrons. The first-order valence-electron chi connectivity index (χ1n) is 5.11. The summed E-state index contributed by atoms with van der Waals surface area (Å²) >= 11 is 5.38. The predicted molar refractivity (Wildman–Crippen MR) is 64.5 cm³/mol. The minimum atomic E-state index is -0.713. The van der Waals surface area contributed by atoms with Crippen molar-refractivity contribution in [3.8, 4) is 0 Å². The van der Waals surface area contributed by atoms with Crippen LogP contribution in [0.1, 0.15) is 28.7 Å². The molecule has 0 saturated carbocycles. The third kappa shape index (κ3) is 2.11. The van der Waals surface area contributed by atoms with E-state index in [4.69, 9.17) is 5.11 Å². The van der Waals surface area contributed by atoms with Gasteiger partial charge in [0.2, 0.25) is 0 Å². The number of aryl methyl sites for hydroxylation is 1. The van der Waals surface area contributed by atoms with Crippen molar-refractivity contribution in [1.82, 2.24) is 0 Å². The molecular formula is C11H13BrO2S. The number of carbonyl (C=O) groups is 1. The van der Waals surface area contributed by atoms with Crippen LogP contribution in [-0.2, 0) is 24.1 Å². The second kappa shape index (κ2) is 4.26. The van der Waals surface area contributed by atoms with Crippen LogP contribution in [0.5, 0.6) is 0 Å². The highest BCUT2D eigenvalue weighted by Gasteiger charge is 2.22. The minimum Gasteiger partial charge on any atom is -0.481 e. The molecule has 15 heavy (non-hydrogen) atoms. The summed E-state index contributed by atoms with van der Waals surface area (Å²) in [6, 6.07) is 0. The molecule has 1 aliphatic rings. The second-order valence-corrected chi connectivity index (χ2v) is 6.02. The first-order valence-corrected chi connectivity index (χ1v) is 6.72. The number of hydrogen-bond acceptors (Lipinski definition) is 2. The van der Waals surface area contributed by atoms with Crippen LogP contribution < -0.4 is 0 Å². The fraction of sp³-hybridized carbons (Fsp3) is 0.545. The summed E-state index contributed by atoms with van der Waals surface area (Å²) in [7, 11) is 0. The van der Waals surface area contributed by atoms with Gasteiger partial charge in [-0.1, -0.05) is 6.92 Å². The quantitative estimate of drug-likeness (QED) is 0.927. The molecule has 2 nitrogen and oxygen atoms in total. The van der Waals surface area contributed by atoms with E-state index in [2.05, 4.69) is 15.9 Å². The Morgan fingerprint density at radius 1 is 1.60 bits per heavy atom. The highest BCUT2D eigenvalue weighted by atomic mass is 79.9. The van der Waals surface area contributed by atoms with Crippen LogP contribution >= 0.6 is 27.3 Å². The van der Waals surface area contributed by atoms with E-state index in [1.165, 1.54) is 32.6 Å². The topological polar surface area (TPSA) is 37.3 Å². The molecule has 0 amide bonds. The Hall–Kier alpha value is -0.350. The van der Waals surface area contributed by atoms with E-state index < -0.39 is 5.97 Å². The molecule has 1 aromatic heterocycles. The molecule has 0 aliphatic heterocycles. The average Bonchev–Trinajstić information content (AvgIpc) is 2.71. The summed E-state index contributed by atoms with van der Waals surface area (Å²) in [6.07, 6.45) is 4.20. The third-order valence-corrected chi connectivity index (χ3v) is 5.37. The van der Waals surface area contributed by atoms with E-state index in [0.29, 0.717) is 6.42 Å². The summed E-state index contributed by atoms with van der Waals surface area (Å²) in [4.78, 5) is 13.4. The van der Waals surface area contributed by atoms with E-state index in [9.17, 15) is 4.79 Å². The van der Waals surface area contributed by atoms with E-state index in [1.54, 1.807) is 18.3 Å². The minimum absolute atomic E-state index is 0.292. The van der Waals surface area contributed by atoms with E-state index >= 15 is 0 Å². The van der Waals surface area contributed by atoms with Gasteiger partial charge in [0.1, 0.15) is 0 Å². The molecular weight excluding hydrogens is 276 g/mol.